The Balaban J connectivity index is 0.000000343. The molecule has 30 heteroatoms. The average molecular weight is 1290 g/mol. The number of nitrogens with one attached hydrogen (secondary N) is 5. The lowest BCUT2D eigenvalue weighted by atomic mass is 10.1. The Hall–Kier alpha value is -7.74. The number of amides is 5. The van der Waals surface area contributed by atoms with Crippen LogP contribution < -0.4 is 31.1 Å². The molecule has 0 radical (unpaired) electrons. The number of sulfonamides is 2. The molecule has 7 rings (SSSR count). The third-order valence-electron chi connectivity index (χ3n) is 14.5. The van der Waals surface area contributed by atoms with Crippen LogP contribution in [0.4, 0.5) is 25.4 Å². The van der Waals surface area contributed by atoms with Crippen LogP contribution in [-0.2, 0) is 95.0 Å². The number of para-hydroxylation sites is 2. The molecule has 2 saturated carbocycles. The molecule has 5 amide bonds. The highest BCUT2D eigenvalue weighted by atomic mass is 32.2. The van der Waals surface area contributed by atoms with Crippen LogP contribution in [0.3, 0.4) is 0 Å². The fraction of sp³-hybridized carbons (Fsp3) is 0.508. The third-order valence-corrected chi connectivity index (χ3v) is 17.3. The second-order valence-corrected chi connectivity index (χ2v) is 25.3. The van der Waals surface area contributed by atoms with E-state index in [1.807, 2.05) is 0 Å². The summed E-state index contributed by atoms with van der Waals surface area (Å²) in [5.41, 5.74) is 3.58. The highest BCUT2D eigenvalue weighted by Crippen LogP contribution is 2.46. The molecule has 0 spiro atoms. The summed E-state index contributed by atoms with van der Waals surface area (Å²) in [6.45, 7) is 14.7. The number of carbonyl (C=O) groups excluding carboxylic acids is 7. The maximum absolute atomic E-state index is 14.4. The van der Waals surface area contributed by atoms with Crippen LogP contribution >= 0.6 is 0 Å². The Bertz CT molecular complexity index is 3280. The number of rotatable bonds is 31. The van der Waals surface area contributed by atoms with Gasteiger partial charge in [-0.2, -0.15) is 0 Å². The molecule has 0 bridgehead atoms. The number of methoxy groups -OCH3 is 2. The fourth-order valence-electron chi connectivity index (χ4n) is 9.49. The van der Waals surface area contributed by atoms with Crippen molar-refractivity contribution in [3.05, 3.63) is 109 Å². The molecule has 2 heterocycles. The Kier molecular flexibility index (Phi) is 25.0. The average Bonchev–Trinajstić information content (AvgIpc) is 1.71. The SMILES string of the molecule is C=C[C@@H]1C[C@]1(N)C(=O)NS(=O)(=O)c1ccccc1NCCOCCOCCC(=O)OC.C=C[C@@H]1C[C@]1(NC(=O)[C@@H]1C[C@@H](OC(=O)N2Cc3cccc(F)c3C2)CN1C(=O)OC(C)(C)C)C(=O)NS(=O)(=O)c1ccccc1NCCOCCOCCC(=O)OC. The highest BCUT2D eigenvalue weighted by Gasteiger charge is 2.62. The molecule has 27 nitrogen and oxygen atoms in total. The molecule has 6 atom stereocenters. The van der Waals surface area contributed by atoms with E-state index >= 15 is 0 Å². The van der Waals surface area contributed by atoms with Crippen molar-refractivity contribution in [2.75, 3.05) is 97.3 Å². The number of benzene rings is 3. The number of hydrogen-bond acceptors (Lipinski definition) is 22. The van der Waals surface area contributed by atoms with E-state index in [0.29, 0.717) is 49.6 Å². The number of nitrogens with two attached hydrogens (primary N) is 1. The summed E-state index contributed by atoms with van der Waals surface area (Å²) in [7, 11) is -6.00. The number of ether oxygens (including phenoxy) is 8. The van der Waals surface area contributed by atoms with Crippen molar-refractivity contribution in [2.45, 2.75) is 105 Å². The van der Waals surface area contributed by atoms with E-state index in [-0.39, 0.29) is 118 Å². The van der Waals surface area contributed by atoms with E-state index in [2.05, 4.69) is 48.0 Å². The number of nitrogens with zero attached hydrogens (tertiary/aromatic N) is 2. The second kappa shape index (κ2) is 31.6. The lowest BCUT2D eigenvalue weighted by Gasteiger charge is -2.29. The number of carbonyl (C=O) groups is 7. The number of halogens is 1. The van der Waals surface area contributed by atoms with Crippen molar-refractivity contribution in [2.24, 2.45) is 17.6 Å². The summed E-state index contributed by atoms with van der Waals surface area (Å²) in [5, 5.41) is 8.65. The molecule has 488 valence electrons. The Morgan fingerprint density at radius 1 is 0.674 bits per heavy atom. The molecule has 3 aromatic rings. The van der Waals surface area contributed by atoms with Gasteiger partial charge in [0.1, 0.15) is 44.4 Å². The molecule has 1 saturated heterocycles. The lowest BCUT2D eigenvalue weighted by molar-refractivity contribution is -0.142. The van der Waals surface area contributed by atoms with Crippen molar-refractivity contribution in [1.29, 1.82) is 0 Å². The van der Waals surface area contributed by atoms with Crippen LogP contribution in [-0.4, -0.2) is 184 Å². The van der Waals surface area contributed by atoms with Gasteiger partial charge >= 0.3 is 24.1 Å². The standard InChI is InChI=1S/C39H50FN5O12S.C20H29N3O7S/c1-6-26-21-39(26,35(48)43-58(51,52)32-13-8-7-12-30(32)41-15-17-55-19-18-54-16-14-33(46)53-5)42-34(47)31-20-27(23-45(31)37(50)57-38(2,3)4)56-36(49)44-22-25-10-9-11-29(40)28(25)24-44;1-3-15-14-20(15,21)19(25)23-31(26,27)17-7-5-4-6-16(17)22-9-11-30-13-12-29-10-8-18(24)28-2/h6-13,26-27,31,41H,1,14-24H2,2-5H3,(H,42,47)(H,43,48);3-7,15,22H,1,8-14,21H2,2H3,(H,23,25)/t26-,27-,31+,39-;15-,20-/m11/s1. The summed E-state index contributed by atoms with van der Waals surface area (Å²) >= 11 is 0. The summed E-state index contributed by atoms with van der Waals surface area (Å²) in [6.07, 6.45) is 0.905. The minimum atomic E-state index is -4.50. The van der Waals surface area contributed by atoms with Crippen LogP contribution in [0.1, 0.15) is 64.0 Å². The van der Waals surface area contributed by atoms with Gasteiger partial charge in [0.25, 0.3) is 31.9 Å². The van der Waals surface area contributed by atoms with Crippen LogP contribution in [0.5, 0.6) is 0 Å². The van der Waals surface area contributed by atoms with E-state index in [4.69, 9.17) is 34.2 Å². The molecule has 89 heavy (non-hydrogen) atoms. The first-order chi connectivity index (χ1) is 42.2. The number of esters is 2. The lowest BCUT2D eigenvalue weighted by Crippen LogP contribution is -2.56. The van der Waals surface area contributed by atoms with Crippen LogP contribution in [0.2, 0.25) is 0 Å². The highest BCUT2D eigenvalue weighted by molar-refractivity contribution is 7.90. The molecule has 4 aliphatic rings. The van der Waals surface area contributed by atoms with Crippen molar-refractivity contribution >= 4 is 73.3 Å². The van der Waals surface area contributed by atoms with Crippen molar-refractivity contribution in [1.82, 2.24) is 24.6 Å². The molecule has 3 aromatic carbocycles. The smallest absolute Gasteiger partial charge is 0.411 e. The number of fused-ring (bicyclic) bond motifs is 1. The third kappa shape index (κ3) is 19.6. The predicted molar refractivity (Wildman–Crippen MR) is 319 cm³/mol. The molecule has 2 aliphatic carbocycles. The maximum Gasteiger partial charge on any atom is 0.411 e. The molecular formula is C59H79FN8O19S2. The monoisotopic (exact) mass is 1290 g/mol. The van der Waals surface area contributed by atoms with Gasteiger partial charge in [-0.15, -0.1) is 13.2 Å². The zero-order chi connectivity index (χ0) is 65.2. The molecule has 2 aliphatic heterocycles. The van der Waals surface area contributed by atoms with Crippen molar-refractivity contribution in [3.63, 3.8) is 0 Å². The zero-order valence-electron chi connectivity index (χ0n) is 50.4. The molecule has 7 N–H and O–H groups in total. The van der Waals surface area contributed by atoms with Gasteiger partial charge in [-0.1, -0.05) is 48.6 Å². The quantitative estimate of drug-likeness (QED) is 0.0232. The topological polar surface area (TPSA) is 354 Å². The van der Waals surface area contributed by atoms with Crippen LogP contribution in [0, 0.1) is 17.7 Å². The van der Waals surface area contributed by atoms with Crippen molar-refractivity contribution in [3.8, 4) is 0 Å². The predicted octanol–water partition coefficient (Wildman–Crippen LogP) is 3.63. The van der Waals surface area contributed by atoms with Crippen LogP contribution in [0.25, 0.3) is 0 Å². The normalized spacial score (nSPS) is 20.7. The van der Waals surface area contributed by atoms with Gasteiger partial charge in [-0.05, 0) is 69.5 Å². The molecular weight excluding hydrogens is 1210 g/mol. The minimum Gasteiger partial charge on any atom is -0.469 e. The van der Waals surface area contributed by atoms with E-state index in [1.165, 1.54) is 55.5 Å². The first-order valence-electron chi connectivity index (χ1n) is 28.5. The van der Waals surface area contributed by atoms with E-state index in [1.54, 1.807) is 63.2 Å². The van der Waals surface area contributed by atoms with Crippen LogP contribution in [0.15, 0.2) is 102 Å². The fourth-order valence-corrected chi connectivity index (χ4v) is 11.9. The van der Waals surface area contributed by atoms with Gasteiger partial charge in [0, 0.05) is 43.5 Å². The summed E-state index contributed by atoms with van der Waals surface area (Å²) in [4.78, 5) is 91.0. The molecule has 0 aromatic heterocycles. The number of hydrogen-bond donors (Lipinski definition) is 6. The molecule has 0 unspecified atom stereocenters. The van der Waals surface area contributed by atoms with Gasteiger partial charge in [0.15, 0.2) is 0 Å². The van der Waals surface area contributed by atoms with E-state index < -0.39 is 90.5 Å². The van der Waals surface area contributed by atoms with Gasteiger partial charge in [-0.3, -0.25) is 33.8 Å². The first kappa shape index (κ1) is 70.3. The number of likely N-dealkylation sites (tertiary alicyclic amines) is 1. The zero-order valence-corrected chi connectivity index (χ0v) is 52.0. The number of anilines is 2. The summed E-state index contributed by atoms with van der Waals surface area (Å²) in [5.74, 6) is -4.61. The second-order valence-electron chi connectivity index (χ2n) is 22.0. The van der Waals surface area contributed by atoms with Gasteiger partial charge in [-0.25, -0.2) is 40.3 Å². The van der Waals surface area contributed by atoms with Crippen molar-refractivity contribution < 1.29 is 92.7 Å². The summed E-state index contributed by atoms with van der Waals surface area (Å²) in [6, 6.07) is 15.5. The van der Waals surface area contributed by atoms with Gasteiger partial charge < -0.3 is 59.6 Å². The Morgan fingerprint density at radius 3 is 1.67 bits per heavy atom. The maximum atomic E-state index is 14.4. The van der Waals surface area contributed by atoms with Gasteiger partial charge in [0.05, 0.1) is 104 Å². The largest absolute Gasteiger partial charge is 0.469 e. The molecule has 3 fully saturated rings. The Labute approximate surface area is 516 Å². The van der Waals surface area contributed by atoms with E-state index in [9.17, 15) is 54.8 Å². The first-order valence-corrected chi connectivity index (χ1v) is 31.5. The minimum absolute atomic E-state index is 0.0105. The Morgan fingerprint density at radius 2 is 1.19 bits per heavy atom. The summed E-state index contributed by atoms with van der Waals surface area (Å²) < 4.78 is 113. The van der Waals surface area contributed by atoms with E-state index in [0.717, 1.165) is 4.90 Å². The van der Waals surface area contributed by atoms with Gasteiger partial charge in [0.2, 0.25) is 5.91 Å².